The molecule has 1 N–H and O–H groups in total. The van der Waals surface area contributed by atoms with Gasteiger partial charge in [-0.3, -0.25) is 0 Å². The van der Waals surface area contributed by atoms with E-state index in [1.165, 1.54) is 17.8 Å². The highest BCUT2D eigenvalue weighted by Crippen LogP contribution is 2.35. The number of hydrogen-bond donors (Lipinski definition) is 1. The van der Waals surface area contributed by atoms with Crippen LogP contribution in [0.3, 0.4) is 0 Å². The molecule has 0 amide bonds. The van der Waals surface area contributed by atoms with E-state index in [2.05, 4.69) is 5.32 Å². The second-order valence-corrected chi connectivity index (χ2v) is 5.45. The average Bonchev–Trinajstić information content (AvgIpc) is 2.16. The number of hydrogen-bond acceptors (Lipinski definition) is 2. The monoisotopic (exact) mass is 281 g/mol. The van der Waals surface area contributed by atoms with E-state index in [1.807, 2.05) is 0 Å². The van der Waals surface area contributed by atoms with E-state index in [0.717, 1.165) is 31.0 Å². The van der Waals surface area contributed by atoms with E-state index in [-0.39, 0.29) is 5.02 Å². The number of rotatable bonds is 3. The first-order valence-electron chi connectivity index (χ1n) is 5.17. The highest BCUT2D eigenvalue weighted by atomic mass is 35.5. The van der Waals surface area contributed by atoms with Crippen molar-refractivity contribution in [2.24, 2.45) is 5.92 Å². The topological polar surface area (TPSA) is 12.0 Å². The van der Waals surface area contributed by atoms with E-state index < -0.39 is 11.7 Å². The Morgan fingerprint density at radius 3 is 2.53 bits per heavy atom. The van der Waals surface area contributed by atoms with Crippen LogP contribution in [0.4, 0.5) is 13.2 Å². The third-order valence-corrected chi connectivity index (χ3v) is 4.33. The Morgan fingerprint density at radius 2 is 2.06 bits per heavy atom. The minimum Gasteiger partial charge on any atom is -0.316 e. The van der Waals surface area contributed by atoms with Gasteiger partial charge in [0.2, 0.25) is 0 Å². The molecule has 1 fully saturated rings. The van der Waals surface area contributed by atoms with Gasteiger partial charge in [-0.2, -0.15) is 13.2 Å². The average molecular weight is 282 g/mol. The van der Waals surface area contributed by atoms with Crippen molar-refractivity contribution in [1.82, 2.24) is 5.32 Å². The summed E-state index contributed by atoms with van der Waals surface area (Å²) in [6, 6.07) is 3.51. The standard InChI is InChI=1S/C11H11ClF3NS/c12-9-3-8(11(13,14)15)1-2-10(9)17-6-7-4-16-5-7/h1-3,7,16H,4-6H2. The van der Waals surface area contributed by atoms with Crippen molar-refractivity contribution < 1.29 is 13.2 Å². The van der Waals surface area contributed by atoms with Gasteiger partial charge in [0, 0.05) is 10.6 Å². The Morgan fingerprint density at radius 1 is 1.35 bits per heavy atom. The van der Waals surface area contributed by atoms with Crippen molar-refractivity contribution in [2.45, 2.75) is 11.1 Å². The quantitative estimate of drug-likeness (QED) is 0.849. The summed E-state index contributed by atoms with van der Waals surface area (Å²) in [6.07, 6.45) is -4.33. The molecule has 1 saturated heterocycles. The largest absolute Gasteiger partial charge is 0.416 e. The maximum absolute atomic E-state index is 12.4. The lowest BCUT2D eigenvalue weighted by atomic mass is 10.1. The van der Waals surface area contributed by atoms with Crippen LogP contribution in [-0.4, -0.2) is 18.8 Å². The first-order valence-corrected chi connectivity index (χ1v) is 6.53. The second kappa shape index (κ2) is 5.08. The van der Waals surface area contributed by atoms with Crippen LogP contribution in [0.1, 0.15) is 5.56 Å². The van der Waals surface area contributed by atoms with Gasteiger partial charge in [-0.15, -0.1) is 11.8 Å². The van der Waals surface area contributed by atoms with E-state index in [9.17, 15) is 13.2 Å². The zero-order valence-electron chi connectivity index (χ0n) is 8.85. The Bertz CT molecular complexity index is 404. The molecule has 1 aliphatic heterocycles. The molecule has 94 valence electrons. The third-order valence-electron chi connectivity index (χ3n) is 2.60. The van der Waals surface area contributed by atoms with Gasteiger partial charge in [-0.1, -0.05) is 11.6 Å². The van der Waals surface area contributed by atoms with Crippen LogP contribution < -0.4 is 5.32 Å². The van der Waals surface area contributed by atoms with Crippen molar-refractivity contribution in [3.8, 4) is 0 Å². The van der Waals surface area contributed by atoms with Crippen LogP contribution in [0.5, 0.6) is 0 Å². The molecule has 0 aliphatic carbocycles. The molecule has 0 spiro atoms. The van der Waals surface area contributed by atoms with Gasteiger partial charge in [0.1, 0.15) is 0 Å². The SMILES string of the molecule is FC(F)(F)c1ccc(SCC2CNC2)c(Cl)c1. The van der Waals surface area contributed by atoms with Gasteiger partial charge >= 0.3 is 6.18 Å². The first kappa shape index (κ1) is 13.1. The van der Waals surface area contributed by atoms with E-state index >= 15 is 0 Å². The molecule has 0 saturated carbocycles. The fourth-order valence-electron chi connectivity index (χ4n) is 1.47. The lowest BCUT2D eigenvalue weighted by Gasteiger charge is -2.26. The van der Waals surface area contributed by atoms with Crippen LogP contribution in [-0.2, 0) is 6.18 Å². The van der Waals surface area contributed by atoms with Crippen molar-refractivity contribution in [3.63, 3.8) is 0 Å². The molecule has 0 unspecified atom stereocenters. The summed E-state index contributed by atoms with van der Waals surface area (Å²) in [5.41, 5.74) is -0.697. The number of alkyl halides is 3. The summed E-state index contributed by atoms with van der Waals surface area (Å²) in [5, 5.41) is 3.32. The van der Waals surface area contributed by atoms with E-state index in [1.54, 1.807) is 0 Å². The van der Waals surface area contributed by atoms with Gasteiger partial charge in [0.25, 0.3) is 0 Å². The molecule has 0 aromatic heterocycles. The minimum atomic E-state index is -4.33. The van der Waals surface area contributed by atoms with Crippen molar-refractivity contribution in [1.29, 1.82) is 0 Å². The zero-order chi connectivity index (χ0) is 12.5. The van der Waals surface area contributed by atoms with Crippen molar-refractivity contribution in [3.05, 3.63) is 28.8 Å². The van der Waals surface area contributed by atoms with E-state index in [4.69, 9.17) is 11.6 Å². The normalized spacial score (nSPS) is 16.9. The summed E-state index contributed by atoms with van der Waals surface area (Å²) in [6.45, 7) is 1.95. The molecule has 6 heteroatoms. The summed E-state index contributed by atoms with van der Waals surface area (Å²) in [7, 11) is 0. The third kappa shape index (κ3) is 3.30. The maximum Gasteiger partial charge on any atom is 0.416 e. The molecule has 1 aliphatic rings. The Balaban J connectivity index is 2.03. The Labute approximate surface area is 107 Å². The van der Waals surface area contributed by atoms with Gasteiger partial charge in [0.05, 0.1) is 10.6 Å². The smallest absolute Gasteiger partial charge is 0.316 e. The van der Waals surface area contributed by atoms with Gasteiger partial charge in [0.15, 0.2) is 0 Å². The number of thioether (sulfide) groups is 1. The first-order chi connectivity index (χ1) is 7.97. The zero-order valence-corrected chi connectivity index (χ0v) is 10.4. The lowest BCUT2D eigenvalue weighted by Crippen LogP contribution is -2.43. The van der Waals surface area contributed by atoms with Crippen LogP contribution in [0, 0.1) is 5.92 Å². The molecular formula is C11H11ClF3NS. The Kier molecular flexibility index (Phi) is 3.90. The fraction of sp³-hybridized carbons (Fsp3) is 0.455. The van der Waals surface area contributed by atoms with Gasteiger partial charge < -0.3 is 5.32 Å². The fourth-order valence-corrected chi connectivity index (χ4v) is 2.82. The molecule has 2 rings (SSSR count). The van der Waals surface area contributed by atoms with Crippen LogP contribution >= 0.6 is 23.4 Å². The lowest BCUT2D eigenvalue weighted by molar-refractivity contribution is -0.137. The molecule has 0 radical (unpaired) electrons. The predicted octanol–water partition coefficient (Wildman–Crippen LogP) is 3.67. The molecule has 1 nitrogen and oxygen atoms in total. The van der Waals surface area contributed by atoms with Gasteiger partial charge in [-0.25, -0.2) is 0 Å². The second-order valence-electron chi connectivity index (χ2n) is 3.98. The summed E-state index contributed by atoms with van der Waals surface area (Å²) in [4.78, 5) is 0.714. The molecule has 0 atom stereocenters. The molecular weight excluding hydrogens is 271 g/mol. The van der Waals surface area contributed by atoms with Crippen molar-refractivity contribution in [2.75, 3.05) is 18.8 Å². The van der Waals surface area contributed by atoms with Crippen LogP contribution in [0.25, 0.3) is 0 Å². The highest BCUT2D eigenvalue weighted by molar-refractivity contribution is 7.99. The van der Waals surface area contributed by atoms with Crippen LogP contribution in [0.15, 0.2) is 23.1 Å². The predicted molar refractivity (Wildman–Crippen MR) is 63.5 cm³/mol. The molecule has 0 bridgehead atoms. The molecule has 1 heterocycles. The number of halogens is 4. The van der Waals surface area contributed by atoms with Crippen molar-refractivity contribution >= 4 is 23.4 Å². The molecule has 1 aromatic rings. The van der Waals surface area contributed by atoms with Crippen LogP contribution in [0.2, 0.25) is 5.02 Å². The molecule has 17 heavy (non-hydrogen) atoms. The molecule has 1 aromatic carbocycles. The Hall–Kier alpha value is -0.390. The maximum atomic E-state index is 12.4. The summed E-state index contributed by atoms with van der Waals surface area (Å²) in [5.74, 6) is 1.48. The summed E-state index contributed by atoms with van der Waals surface area (Å²) < 4.78 is 37.2. The number of benzene rings is 1. The number of nitrogens with one attached hydrogen (secondary N) is 1. The van der Waals surface area contributed by atoms with Gasteiger partial charge in [-0.05, 0) is 37.2 Å². The highest BCUT2D eigenvalue weighted by Gasteiger charge is 2.31. The van der Waals surface area contributed by atoms with E-state index in [0.29, 0.717) is 10.8 Å². The minimum absolute atomic E-state index is 0.178. The summed E-state index contributed by atoms with van der Waals surface area (Å²) >= 11 is 7.35.